The van der Waals surface area contributed by atoms with Crippen LogP contribution in [-0.4, -0.2) is 47.1 Å². The summed E-state index contributed by atoms with van der Waals surface area (Å²) in [6.45, 7) is 7.85. The van der Waals surface area contributed by atoms with E-state index in [9.17, 15) is 19.5 Å². The van der Waals surface area contributed by atoms with E-state index in [0.29, 0.717) is 36.0 Å². The van der Waals surface area contributed by atoms with Gasteiger partial charge in [-0.25, -0.2) is 4.79 Å². The van der Waals surface area contributed by atoms with Gasteiger partial charge in [0.15, 0.2) is 0 Å². The minimum absolute atomic E-state index is 0.131. The van der Waals surface area contributed by atoms with Gasteiger partial charge in [-0.2, -0.15) is 0 Å². The fourth-order valence-electron chi connectivity index (χ4n) is 4.39. The number of hydrogen-bond donors (Lipinski definition) is 1. The van der Waals surface area contributed by atoms with Crippen molar-refractivity contribution in [1.82, 2.24) is 4.98 Å². The summed E-state index contributed by atoms with van der Waals surface area (Å²) in [6, 6.07) is 13.5. The normalized spacial score (nSPS) is 16.4. The van der Waals surface area contributed by atoms with Crippen molar-refractivity contribution in [3.05, 3.63) is 89.3 Å². The number of carbonyl (C=O) groups excluding carboxylic acids is 3. The first-order valence-corrected chi connectivity index (χ1v) is 12.7. The monoisotopic (exact) mass is 530 g/mol. The Hall–Kier alpha value is -4.66. The molecular weight excluding hydrogens is 500 g/mol. The van der Waals surface area contributed by atoms with Crippen LogP contribution in [0.15, 0.2) is 72.6 Å². The fourth-order valence-corrected chi connectivity index (χ4v) is 4.39. The van der Waals surface area contributed by atoms with Gasteiger partial charge in [-0.15, -0.1) is 0 Å². The summed E-state index contributed by atoms with van der Waals surface area (Å²) in [5.74, 6) is -1.86. The predicted molar refractivity (Wildman–Crippen MR) is 145 cm³/mol. The van der Waals surface area contributed by atoms with Gasteiger partial charge >= 0.3 is 5.97 Å². The van der Waals surface area contributed by atoms with Crippen LogP contribution in [0.1, 0.15) is 55.2 Å². The second-order valence-electron chi connectivity index (χ2n) is 8.98. The molecule has 1 fully saturated rings. The van der Waals surface area contributed by atoms with Gasteiger partial charge < -0.3 is 19.3 Å². The molecule has 1 aliphatic heterocycles. The lowest BCUT2D eigenvalue weighted by molar-refractivity contribution is -0.132. The molecule has 39 heavy (non-hydrogen) atoms. The van der Waals surface area contributed by atoms with Crippen molar-refractivity contribution in [2.75, 3.05) is 18.1 Å². The number of anilines is 1. The zero-order valence-corrected chi connectivity index (χ0v) is 22.2. The Morgan fingerprint density at radius 2 is 1.79 bits per heavy atom. The van der Waals surface area contributed by atoms with E-state index in [4.69, 9.17) is 14.2 Å². The number of carbonyl (C=O) groups is 3. The van der Waals surface area contributed by atoms with Gasteiger partial charge in [-0.3, -0.25) is 19.5 Å². The van der Waals surface area contributed by atoms with Crippen LogP contribution in [0.2, 0.25) is 0 Å². The van der Waals surface area contributed by atoms with Crippen molar-refractivity contribution in [3.63, 3.8) is 0 Å². The van der Waals surface area contributed by atoms with Crippen molar-refractivity contribution in [3.8, 4) is 11.5 Å². The molecule has 1 aliphatic rings. The van der Waals surface area contributed by atoms with E-state index in [1.807, 2.05) is 6.92 Å². The Labute approximate surface area is 226 Å². The maximum Gasteiger partial charge on any atom is 0.338 e. The number of pyridine rings is 1. The first kappa shape index (κ1) is 27.4. The topological polar surface area (TPSA) is 115 Å². The summed E-state index contributed by atoms with van der Waals surface area (Å²) in [7, 11) is 0. The standard InChI is InChI=1S/C30H30N2O7/c1-5-37-22-12-13-23(24(16-22)38-6-2)27(33)25-26(20-10-8-14-31-17-20)32(29(35)28(25)34)21-11-7-9-19(15-21)30(36)39-18(3)4/h7-18,26,33H,5-6H2,1-4H3/b27-25-. The average molecular weight is 531 g/mol. The Bertz CT molecular complexity index is 1420. The summed E-state index contributed by atoms with van der Waals surface area (Å²) in [6.07, 6.45) is 2.76. The van der Waals surface area contributed by atoms with Gasteiger partial charge in [0.1, 0.15) is 17.3 Å². The summed E-state index contributed by atoms with van der Waals surface area (Å²) in [5, 5.41) is 11.5. The number of ether oxygens (including phenoxy) is 3. The van der Waals surface area contributed by atoms with E-state index in [1.165, 1.54) is 17.2 Å². The SMILES string of the molecule is CCOc1ccc(/C(O)=C2/C(=O)C(=O)N(c3cccc(C(=O)OC(C)C)c3)C2c2cccnc2)c(OCC)c1. The van der Waals surface area contributed by atoms with Crippen LogP contribution < -0.4 is 14.4 Å². The second kappa shape index (κ2) is 11.8. The van der Waals surface area contributed by atoms with Crippen molar-refractivity contribution in [2.45, 2.75) is 39.8 Å². The largest absolute Gasteiger partial charge is 0.507 e. The van der Waals surface area contributed by atoms with E-state index in [2.05, 4.69) is 4.98 Å². The molecule has 1 amide bonds. The minimum Gasteiger partial charge on any atom is -0.507 e. The lowest BCUT2D eigenvalue weighted by atomic mass is 9.95. The number of rotatable bonds is 9. The maximum atomic E-state index is 13.5. The number of aliphatic hydroxyl groups excluding tert-OH is 1. The molecule has 0 aliphatic carbocycles. The molecule has 4 rings (SSSR count). The number of amides is 1. The summed E-state index contributed by atoms with van der Waals surface area (Å²) < 4.78 is 16.6. The van der Waals surface area contributed by atoms with E-state index in [1.54, 1.807) is 75.5 Å². The lowest BCUT2D eigenvalue weighted by Gasteiger charge is -2.25. The zero-order valence-electron chi connectivity index (χ0n) is 22.2. The molecule has 1 atom stereocenters. The quantitative estimate of drug-likeness (QED) is 0.176. The molecule has 1 saturated heterocycles. The van der Waals surface area contributed by atoms with E-state index in [0.717, 1.165) is 0 Å². The molecule has 9 heteroatoms. The van der Waals surface area contributed by atoms with Crippen LogP contribution in [0.3, 0.4) is 0 Å². The Morgan fingerprint density at radius 1 is 1.03 bits per heavy atom. The fraction of sp³-hybridized carbons (Fsp3) is 0.267. The van der Waals surface area contributed by atoms with Gasteiger partial charge in [0.05, 0.1) is 42.1 Å². The number of nitrogens with zero attached hydrogens (tertiary/aromatic N) is 2. The van der Waals surface area contributed by atoms with Crippen molar-refractivity contribution in [2.24, 2.45) is 0 Å². The predicted octanol–water partition coefficient (Wildman–Crippen LogP) is 5.07. The van der Waals surface area contributed by atoms with Crippen LogP contribution in [0.25, 0.3) is 5.76 Å². The highest BCUT2D eigenvalue weighted by atomic mass is 16.5. The molecule has 0 radical (unpaired) electrons. The van der Waals surface area contributed by atoms with Crippen LogP contribution in [0.5, 0.6) is 11.5 Å². The molecule has 0 saturated carbocycles. The number of ketones is 1. The Kier molecular flexibility index (Phi) is 8.29. The number of benzene rings is 2. The van der Waals surface area contributed by atoms with Gasteiger partial charge in [-0.05, 0) is 69.7 Å². The average Bonchev–Trinajstić information content (AvgIpc) is 3.19. The molecule has 2 heterocycles. The third kappa shape index (κ3) is 5.62. The van der Waals surface area contributed by atoms with Crippen LogP contribution >= 0.6 is 0 Å². The number of esters is 1. The molecular formula is C30H30N2O7. The smallest absolute Gasteiger partial charge is 0.338 e. The maximum absolute atomic E-state index is 13.5. The van der Waals surface area contributed by atoms with E-state index < -0.39 is 29.5 Å². The highest BCUT2D eigenvalue weighted by Crippen LogP contribution is 2.43. The second-order valence-corrected chi connectivity index (χ2v) is 8.98. The highest BCUT2D eigenvalue weighted by molar-refractivity contribution is 6.51. The summed E-state index contributed by atoms with van der Waals surface area (Å²) in [5.41, 5.74) is 1.12. The molecule has 3 aromatic rings. The molecule has 0 spiro atoms. The molecule has 202 valence electrons. The number of hydrogen-bond acceptors (Lipinski definition) is 8. The summed E-state index contributed by atoms with van der Waals surface area (Å²) in [4.78, 5) is 45.0. The highest BCUT2D eigenvalue weighted by Gasteiger charge is 2.47. The third-order valence-corrected chi connectivity index (χ3v) is 5.97. The molecule has 0 bridgehead atoms. The third-order valence-electron chi connectivity index (χ3n) is 5.97. The molecule has 1 unspecified atom stereocenters. The lowest BCUT2D eigenvalue weighted by Crippen LogP contribution is -2.29. The van der Waals surface area contributed by atoms with Crippen LogP contribution in [0.4, 0.5) is 5.69 Å². The minimum atomic E-state index is -1.02. The van der Waals surface area contributed by atoms with Crippen molar-refractivity contribution < 1.29 is 33.7 Å². The van der Waals surface area contributed by atoms with Gasteiger partial charge in [0.25, 0.3) is 11.7 Å². The Morgan fingerprint density at radius 3 is 2.46 bits per heavy atom. The first-order valence-electron chi connectivity index (χ1n) is 12.7. The van der Waals surface area contributed by atoms with E-state index >= 15 is 0 Å². The van der Waals surface area contributed by atoms with Crippen molar-refractivity contribution >= 4 is 29.1 Å². The number of Topliss-reactive ketones (excluding diaryl/α,β-unsaturated/α-hetero) is 1. The van der Waals surface area contributed by atoms with Gasteiger partial charge in [0, 0.05) is 24.1 Å². The molecule has 1 N–H and O–H groups in total. The number of aliphatic hydroxyl groups is 1. The zero-order chi connectivity index (χ0) is 28.1. The molecule has 2 aromatic carbocycles. The van der Waals surface area contributed by atoms with E-state index in [-0.39, 0.29) is 22.8 Å². The van der Waals surface area contributed by atoms with Gasteiger partial charge in [0.2, 0.25) is 0 Å². The number of aromatic nitrogens is 1. The van der Waals surface area contributed by atoms with Gasteiger partial charge in [-0.1, -0.05) is 12.1 Å². The molecule has 9 nitrogen and oxygen atoms in total. The Balaban J connectivity index is 1.89. The first-order chi connectivity index (χ1) is 18.8. The molecule has 1 aromatic heterocycles. The van der Waals surface area contributed by atoms with Crippen LogP contribution in [0, 0.1) is 0 Å². The van der Waals surface area contributed by atoms with Crippen LogP contribution in [-0.2, 0) is 14.3 Å². The summed E-state index contributed by atoms with van der Waals surface area (Å²) >= 11 is 0. The van der Waals surface area contributed by atoms with Crippen molar-refractivity contribution in [1.29, 1.82) is 0 Å².